The minimum atomic E-state index is -0.500. The summed E-state index contributed by atoms with van der Waals surface area (Å²) in [6.45, 7) is 7.65. The molecule has 2 aliphatic heterocycles. The number of aromatic nitrogens is 1. The summed E-state index contributed by atoms with van der Waals surface area (Å²) in [7, 11) is 3.42. The Labute approximate surface area is 214 Å². The molecule has 0 saturated carbocycles. The van der Waals surface area contributed by atoms with E-state index < -0.39 is 5.41 Å². The molecule has 0 unspecified atom stereocenters. The summed E-state index contributed by atoms with van der Waals surface area (Å²) >= 11 is 6.33. The number of halogens is 1. The second kappa shape index (κ2) is 10.6. The Morgan fingerprint density at radius 1 is 0.914 bits per heavy atom. The van der Waals surface area contributed by atoms with E-state index in [9.17, 15) is 9.59 Å². The smallest absolute Gasteiger partial charge is 0.256 e. The van der Waals surface area contributed by atoms with Crippen LogP contribution in [0, 0.1) is 11.8 Å². The number of amides is 2. The first-order valence-corrected chi connectivity index (χ1v) is 13.0. The number of piperidine rings is 2. The maximum Gasteiger partial charge on any atom is 0.256 e. The second-order valence-corrected chi connectivity index (χ2v) is 11.0. The van der Waals surface area contributed by atoms with Crippen molar-refractivity contribution in [1.82, 2.24) is 14.8 Å². The van der Waals surface area contributed by atoms with Crippen LogP contribution in [0.4, 0.5) is 5.82 Å². The first-order chi connectivity index (χ1) is 16.7. The number of likely N-dealkylation sites (tertiary alicyclic amines) is 1. The minimum absolute atomic E-state index is 0.135. The van der Waals surface area contributed by atoms with Gasteiger partial charge in [-0.3, -0.25) is 9.59 Å². The van der Waals surface area contributed by atoms with Crippen LogP contribution in [0.5, 0.6) is 0 Å². The summed E-state index contributed by atoms with van der Waals surface area (Å²) in [5.74, 6) is 2.28. The fourth-order valence-corrected chi connectivity index (χ4v) is 5.78. The third kappa shape index (κ3) is 5.48. The normalized spacial score (nSPS) is 18.0. The van der Waals surface area contributed by atoms with Gasteiger partial charge in [-0.1, -0.05) is 41.9 Å². The van der Waals surface area contributed by atoms with E-state index in [0.29, 0.717) is 17.4 Å². The standard InChI is InChI=1S/C28H37ClN4O2/c1-28(2,22-8-6-5-7-9-22)27(35)33-18-14-21(15-19-33)20-12-16-32(17-13-20)24-11-10-23(25(29)30-24)26(34)31(3)4/h5-11,20-21H,12-19H2,1-4H3. The van der Waals surface area contributed by atoms with Crippen molar-refractivity contribution in [1.29, 1.82) is 0 Å². The van der Waals surface area contributed by atoms with Crippen LogP contribution < -0.4 is 4.90 Å². The van der Waals surface area contributed by atoms with Gasteiger partial charge in [-0.15, -0.1) is 0 Å². The first-order valence-electron chi connectivity index (χ1n) is 12.7. The molecule has 6 nitrogen and oxygen atoms in total. The lowest BCUT2D eigenvalue weighted by Gasteiger charge is -2.42. The molecule has 35 heavy (non-hydrogen) atoms. The van der Waals surface area contributed by atoms with Gasteiger partial charge < -0.3 is 14.7 Å². The summed E-state index contributed by atoms with van der Waals surface area (Å²) in [5.41, 5.74) is 1.01. The fourth-order valence-electron chi connectivity index (χ4n) is 5.55. The van der Waals surface area contributed by atoms with Gasteiger partial charge in [-0.05, 0) is 69.1 Å². The van der Waals surface area contributed by atoms with Gasteiger partial charge in [0.15, 0.2) is 0 Å². The van der Waals surface area contributed by atoms with Gasteiger partial charge >= 0.3 is 0 Å². The van der Waals surface area contributed by atoms with Crippen LogP contribution in [0.15, 0.2) is 42.5 Å². The van der Waals surface area contributed by atoms with Gasteiger partial charge in [0, 0.05) is 40.3 Å². The third-order valence-corrected chi connectivity index (χ3v) is 8.15. The molecule has 0 radical (unpaired) electrons. The molecule has 0 N–H and O–H groups in total. The molecule has 0 atom stereocenters. The zero-order chi connectivity index (χ0) is 25.2. The molecule has 2 amide bonds. The molecular formula is C28H37ClN4O2. The summed E-state index contributed by atoms with van der Waals surface area (Å²) in [6, 6.07) is 13.8. The molecule has 4 rings (SSSR count). The molecular weight excluding hydrogens is 460 g/mol. The number of rotatable bonds is 5. The van der Waals surface area contributed by atoms with E-state index in [1.54, 1.807) is 20.2 Å². The van der Waals surface area contributed by atoms with Crippen molar-refractivity contribution in [2.45, 2.75) is 44.9 Å². The van der Waals surface area contributed by atoms with Gasteiger partial charge in [-0.2, -0.15) is 0 Å². The first kappa shape index (κ1) is 25.5. The Hall–Kier alpha value is -2.60. The molecule has 188 valence electrons. The Kier molecular flexibility index (Phi) is 7.70. The van der Waals surface area contributed by atoms with Gasteiger partial charge in [0.2, 0.25) is 5.91 Å². The molecule has 0 bridgehead atoms. The molecule has 1 aromatic heterocycles. The molecule has 7 heteroatoms. The number of hydrogen-bond acceptors (Lipinski definition) is 4. The third-order valence-electron chi connectivity index (χ3n) is 7.86. The number of carbonyl (C=O) groups excluding carboxylic acids is 2. The van der Waals surface area contributed by atoms with Crippen molar-refractivity contribution in [3.8, 4) is 0 Å². The van der Waals surface area contributed by atoms with Crippen molar-refractivity contribution in [3.05, 3.63) is 58.7 Å². The van der Waals surface area contributed by atoms with E-state index in [0.717, 1.165) is 63.2 Å². The molecule has 3 heterocycles. The van der Waals surface area contributed by atoms with Crippen LogP contribution in [0.1, 0.15) is 55.5 Å². The van der Waals surface area contributed by atoms with Crippen LogP contribution in [-0.2, 0) is 10.2 Å². The summed E-state index contributed by atoms with van der Waals surface area (Å²) in [6.07, 6.45) is 4.39. The van der Waals surface area contributed by atoms with E-state index in [2.05, 4.69) is 14.8 Å². The molecule has 0 spiro atoms. The Bertz CT molecular complexity index is 1040. The number of anilines is 1. The predicted octanol–water partition coefficient (Wildman–Crippen LogP) is 4.87. The van der Waals surface area contributed by atoms with E-state index >= 15 is 0 Å². The van der Waals surface area contributed by atoms with E-state index in [4.69, 9.17) is 11.6 Å². The van der Waals surface area contributed by atoms with E-state index in [1.807, 2.05) is 50.2 Å². The topological polar surface area (TPSA) is 56.8 Å². The minimum Gasteiger partial charge on any atom is -0.357 e. The zero-order valence-electron chi connectivity index (χ0n) is 21.3. The largest absolute Gasteiger partial charge is 0.357 e. The van der Waals surface area contributed by atoms with Crippen molar-refractivity contribution in [2.75, 3.05) is 45.2 Å². The Balaban J connectivity index is 1.29. The van der Waals surface area contributed by atoms with Gasteiger partial charge in [0.05, 0.1) is 11.0 Å². The van der Waals surface area contributed by atoms with Crippen LogP contribution >= 0.6 is 11.6 Å². The maximum atomic E-state index is 13.3. The Morgan fingerprint density at radius 3 is 2.03 bits per heavy atom. The number of benzene rings is 1. The number of pyridine rings is 1. The highest BCUT2D eigenvalue weighted by Crippen LogP contribution is 2.35. The lowest BCUT2D eigenvalue weighted by Crippen LogP contribution is -2.48. The number of carbonyl (C=O) groups is 2. The summed E-state index contributed by atoms with van der Waals surface area (Å²) in [4.78, 5) is 35.9. The molecule has 2 saturated heterocycles. The van der Waals surface area contributed by atoms with Crippen LogP contribution in [0.2, 0.25) is 5.15 Å². The monoisotopic (exact) mass is 496 g/mol. The van der Waals surface area contributed by atoms with Gasteiger partial charge in [0.25, 0.3) is 5.91 Å². The lowest BCUT2D eigenvalue weighted by atomic mass is 9.77. The maximum absolute atomic E-state index is 13.3. The number of nitrogens with zero attached hydrogens (tertiary/aromatic N) is 4. The van der Waals surface area contributed by atoms with Gasteiger partial charge in [-0.25, -0.2) is 4.98 Å². The molecule has 0 aliphatic carbocycles. The number of hydrogen-bond donors (Lipinski definition) is 0. The van der Waals surface area contributed by atoms with Crippen LogP contribution in [0.25, 0.3) is 0 Å². The van der Waals surface area contributed by atoms with Crippen molar-refractivity contribution >= 4 is 29.2 Å². The van der Waals surface area contributed by atoms with Crippen molar-refractivity contribution in [3.63, 3.8) is 0 Å². The van der Waals surface area contributed by atoms with Crippen LogP contribution in [0.3, 0.4) is 0 Å². The predicted molar refractivity (Wildman–Crippen MR) is 141 cm³/mol. The van der Waals surface area contributed by atoms with Gasteiger partial charge in [0.1, 0.15) is 11.0 Å². The lowest BCUT2D eigenvalue weighted by molar-refractivity contribution is -0.138. The highest BCUT2D eigenvalue weighted by Gasteiger charge is 2.37. The summed E-state index contributed by atoms with van der Waals surface area (Å²) in [5, 5.41) is 0.263. The average molecular weight is 497 g/mol. The van der Waals surface area contributed by atoms with E-state index in [1.165, 1.54) is 4.90 Å². The van der Waals surface area contributed by atoms with Crippen molar-refractivity contribution < 1.29 is 9.59 Å². The summed E-state index contributed by atoms with van der Waals surface area (Å²) < 4.78 is 0. The fraction of sp³-hybridized carbons (Fsp3) is 0.536. The molecule has 1 aromatic carbocycles. The van der Waals surface area contributed by atoms with E-state index in [-0.39, 0.29) is 17.0 Å². The highest BCUT2D eigenvalue weighted by molar-refractivity contribution is 6.32. The second-order valence-electron chi connectivity index (χ2n) is 10.7. The zero-order valence-corrected chi connectivity index (χ0v) is 22.1. The molecule has 2 aromatic rings. The SMILES string of the molecule is CN(C)C(=O)c1ccc(N2CCC(C3CCN(C(=O)C(C)(C)c4ccccc4)CC3)CC2)nc1Cl. The quantitative estimate of drug-likeness (QED) is 0.554. The highest BCUT2D eigenvalue weighted by atomic mass is 35.5. The molecule has 2 fully saturated rings. The average Bonchev–Trinajstić information content (AvgIpc) is 2.88. The Morgan fingerprint density at radius 2 is 1.49 bits per heavy atom. The molecule has 2 aliphatic rings. The van der Waals surface area contributed by atoms with Crippen molar-refractivity contribution in [2.24, 2.45) is 11.8 Å². The van der Waals surface area contributed by atoms with Crippen LogP contribution in [-0.4, -0.2) is 66.9 Å².